The number of nitrogens with one attached hydrogen (secondary N) is 1. The van der Waals surface area contributed by atoms with Crippen LogP contribution in [0.5, 0.6) is 0 Å². The summed E-state index contributed by atoms with van der Waals surface area (Å²) in [7, 11) is 0. The molecule has 0 aromatic rings. The molecule has 1 heterocycles. The van der Waals surface area contributed by atoms with E-state index in [1.54, 1.807) is 23.6 Å². The highest BCUT2D eigenvalue weighted by Gasteiger charge is 2.39. The summed E-state index contributed by atoms with van der Waals surface area (Å²) < 4.78 is 0. The van der Waals surface area contributed by atoms with Gasteiger partial charge in [-0.2, -0.15) is 0 Å². The molecule has 1 aliphatic rings. The van der Waals surface area contributed by atoms with E-state index in [1.165, 1.54) is 6.92 Å². The Morgan fingerprint density at radius 3 is 2.05 bits per heavy atom. The molecule has 1 aliphatic heterocycles. The topological polar surface area (TPSA) is 69.7 Å². The predicted octanol–water partition coefficient (Wildman–Crippen LogP) is 0.620. The second-order valence-corrected chi connectivity index (χ2v) is 6.03. The standard InChI is InChI=1S/C15H27N3O3/c1-5-6-7-16-13(20)15(3,4)14(21)18-10-8-17(9-11-18)12(2)19/h5-11H2,1-4H3,(H,16,20). The molecule has 0 aliphatic carbocycles. The van der Waals surface area contributed by atoms with Crippen molar-refractivity contribution in [2.24, 2.45) is 5.41 Å². The molecule has 0 unspecified atom stereocenters. The molecule has 0 radical (unpaired) electrons. The molecule has 0 atom stereocenters. The molecule has 0 spiro atoms. The Morgan fingerprint density at radius 2 is 1.57 bits per heavy atom. The lowest BCUT2D eigenvalue weighted by Gasteiger charge is -2.37. The number of hydrogen-bond acceptors (Lipinski definition) is 3. The zero-order valence-corrected chi connectivity index (χ0v) is 13.6. The Hall–Kier alpha value is -1.59. The number of nitrogens with zero attached hydrogens (tertiary/aromatic N) is 2. The monoisotopic (exact) mass is 297 g/mol. The average molecular weight is 297 g/mol. The smallest absolute Gasteiger partial charge is 0.237 e. The summed E-state index contributed by atoms with van der Waals surface area (Å²) in [5.74, 6) is -0.367. The van der Waals surface area contributed by atoms with E-state index >= 15 is 0 Å². The number of amides is 3. The summed E-state index contributed by atoms with van der Waals surface area (Å²) in [5.41, 5.74) is -1.06. The average Bonchev–Trinajstić information content (AvgIpc) is 2.46. The maximum absolute atomic E-state index is 12.5. The van der Waals surface area contributed by atoms with Crippen LogP contribution in [-0.4, -0.2) is 60.2 Å². The van der Waals surface area contributed by atoms with Crippen molar-refractivity contribution in [2.75, 3.05) is 32.7 Å². The van der Waals surface area contributed by atoms with Crippen molar-refractivity contribution in [3.8, 4) is 0 Å². The van der Waals surface area contributed by atoms with E-state index in [0.717, 1.165) is 12.8 Å². The van der Waals surface area contributed by atoms with Gasteiger partial charge >= 0.3 is 0 Å². The second kappa shape index (κ2) is 7.43. The highest BCUT2D eigenvalue weighted by Crippen LogP contribution is 2.20. The lowest BCUT2D eigenvalue weighted by molar-refractivity contribution is -0.151. The third-order valence-corrected chi connectivity index (χ3v) is 3.93. The minimum Gasteiger partial charge on any atom is -0.355 e. The van der Waals surface area contributed by atoms with Crippen LogP contribution in [0.4, 0.5) is 0 Å². The Bertz CT molecular complexity index is 399. The van der Waals surface area contributed by atoms with E-state index in [1.807, 2.05) is 0 Å². The molecule has 0 aromatic heterocycles. The number of carbonyl (C=O) groups is 3. The van der Waals surface area contributed by atoms with Gasteiger partial charge in [-0.1, -0.05) is 13.3 Å². The summed E-state index contributed by atoms with van der Waals surface area (Å²) in [4.78, 5) is 39.4. The minimum absolute atomic E-state index is 0.0265. The third-order valence-electron chi connectivity index (χ3n) is 3.93. The SMILES string of the molecule is CCCCNC(=O)C(C)(C)C(=O)N1CCN(C(C)=O)CC1. The first-order valence-corrected chi connectivity index (χ1v) is 7.64. The summed E-state index contributed by atoms with van der Waals surface area (Å²) in [6, 6.07) is 0. The van der Waals surface area contributed by atoms with Crippen LogP contribution in [0.2, 0.25) is 0 Å². The molecule has 1 saturated heterocycles. The normalized spacial score (nSPS) is 15.8. The number of carbonyl (C=O) groups excluding carboxylic acids is 3. The maximum Gasteiger partial charge on any atom is 0.237 e. The van der Waals surface area contributed by atoms with Crippen LogP contribution >= 0.6 is 0 Å². The first kappa shape index (κ1) is 17.5. The Balaban J connectivity index is 2.57. The van der Waals surface area contributed by atoms with E-state index in [9.17, 15) is 14.4 Å². The van der Waals surface area contributed by atoms with E-state index in [0.29, 0.717) is 32.7 Å². The van der Waals surface area contributed by atoms with Crippen LogP contribution in [-0.2, 0) is 14.4 Å². The van der Waals surface area contributed by atoms with Gasteiger partial charge in [-0.3, -0.25) is 14.4 Å². The van der Waals surface area contributed by atoms with Crippen LogP contribution in [0.25, 0.3) is 0 Å². The van der Waals surface area contributed by atoms with Crippen LogP contribution in [0.3, 0.4) is 0 Å². The number of unbranched alkanes of at least 4 members (excludes halogenated alkanes) is 1. The van der Waals surface area contributed by atoms with Crippen molar-refractivity contribution >= 4 is 17.7 Å². The third kappa shape index (κ3) is 4.44. The van der Waals surface area contributed by atoms with Gasteiger partial charge in [0.15, 0.2) is 0 Å². The van der Waals surface area contributed by atoms with Gasteiger partial charge in [-0.15, -0.1) is 0 Å². The first-order valence-electron chi connectivity index (χ1n) is 7.64. The highest BCUT2D eigenvalue weighted by molar-refractivity contribution is 6.04. The van der Waals surface area contributed by atoms with Crippen LogP contribution in [0, 0.1) is 5.41 Å². The van der Waals surface area contributed by atoms with Crippen molar-refractivity contribution in [3.05, 3.63) is 0 Å². The quantitative estimate of drug-likeness (QED) is 0.597. The lowest BCUT2D eigenvalue weighted by atomic mass is 9.90. The number of rotatable bonds is 5. The van der Waals surface area contributed by atoms with Crippen LogP contribution in [0.15, 0.2) is 0 Å². The number of piperazine rings is 1. The molecule has 21 heavy (non-hydrogen) atoms. The van der Waals surface area contributed by atoms with Crippen molar-refractivity contribution < 1.29 is 14.4 Å². The van der Waals surface area contributed by atoms with E-state index in [-0.39, 0.29) is 17.7 Å². The van der Waals surface area contributed by atoms with Crippen LogP contribution < -0.4 is 5.32 Å². The van der Waals surface area contributed by atoms with E-state index in [4.69, 9.17) is 0 Å². The molecule has 3 amide bonds. The zero-order valence-electron chi connectivity index (χ0n) is 13.6. The largest absolute Gasteiger partial charge is 0.355 e. The van der Waals surface area contributed by atoms with Crippen molar-refractivity contribution in [3.63, 3.8) is 0 Å². The van der Waals surface area contributed by atoms with Gasteiger partial charge in [0.1, 0.15) is 5.41 Å². The van der Waals surface area contributed by atoms with E-state index < -0.39 is 5.41 Å². The van der Waals surface area contributed by atoms with Gasteiger partial charge in [0.05, 0.1) is 0 Å². The summed E-state index contributed by atoms with van der Waals surface area (Å²) in [6.45, 7) is 9.56. The van der Waals surface area contributed by atoms with Crippen molar-refractivity contribution in [1.82, 2.24) is 15.1 Å². The Labute approximate surface area is 126 Å². The Kier molecular flexibility index (Phi) is 6.18. The minimum atomic E-state index is -1.06. The van der Waals surface area contributed by atoms with Gasteiger partial charge in [0, 0.05) is 39.6 Å². The number of hydrogen-bond donors (Lipinski definition) is 1. The molecule has 0 aromatic carbocycles. The highest BCUT2D eigenvalue weighted by atomic mass is 16.2. The van der Waals surface area contributed by atoms with Gasteiger partial charge in [-0.05, 0) is 20.3 Å². The zero-order chi connectivity index (χ0) is 16.0. The molecule has 1 N–H and O–H groups in total. The van der Waals surface area contributed by atoms with Gasteiger partial charge in [-0.25, -0.2) is 0 Å². The Morgan fingerprint density at radius 1 is 1.05 bits per heavy atom. The molecule has 0 bridgehead atoms. The first-order chi connectivity index (χ1) is 9.80. The van der Waals surface area contributed by atoms with Gasteiger partial charge in [0.25, 0.3) is 0 Å². The molecule has 1 fully saturated rings. The molecule has 120 valence electrons. The molecule has 1 rings (SSSR count). The molecule has 6 nitrogen and oxygen atoms in total. The molecular weight excluding hydrogens is 270 g/mol. The van der Waals surface area contributed by atoms with Gasteiger partial charge in [0.2, 0.25) is 17.7 Å². The fraction of sp³-hybridized carbons (Fsp3) is 0.800. The molecule has 6 heteroatoms. The van der Waals surface area contributed by atoms with Gasteiger partial charge < -0.3 is 15.1 Å². The lowest BCUT2D eigenvalue weighted by Crippen LogP contribution is -2.56. The van der Waals surface area contributed by atoms with Crippen molar-refractivity contribution in [1.29, 1.82) is 0 Å². The maximum atomic E-state index is 12.5. The fourth-order valence-electron chi connectivity index (χ4n) is 2.32. The van der Waals surface area contributed by atoms with Crippen LogP contribution in [0.1, 0.15) is 40.5 Å². The summed E-state index contributed by atoms with van der Waals surface area (Å²) in [6.07, 6.45) is 1.91. The van der Waals surface area contributed by atoms with E-state index in [2.05, 4.69) is 12.2 Å². The summed E-state index contributed by atoms with van der Waals surface area (Å²) in [5, 5.41) is 2.82. The van der Waals surface area contributed by atoms with Crippen molar-refractivity contribution in [2.45, 2.75) is 40.5 Å². The molecule has 0 saturated carbocycles. The second-order valence-electron chi connectivity index (χ2n) is 6.03. The summed E-state index contributed by atoms with van der Waals surface area (Å²) >= 11 is 0. The molecular formula is C15H27N3O3. The predicted molar refractivity (Wildman–Crippen MR) is 80.5 cm³/mol. The fourth-order valence-corrected chi connectivity index (χ4v) is 2.32.